The molecule has 0 aliphatic heterocycles. The Kier molecular flexibility index (Phi) is 3.95. The number of amides is 1. The molecule has 0 saturated heterocycles. The summed E-state index contributed by atoms with van der Waals surface area (Å²) >= 11 is 1.55. The van der Waals surface area contributed by atoms with Crippen molar-refractivity contribution in [2.24, 2.45) is 0 Å². The SMILES string of the molecule is COC(CNC(=O)c1cn2cc(C)sc2n1)OC. The van der Waals surface area contributed by atoms with Gasteiger partial charge < -0.3 is 14.8 Å². The number of ether oxygens (including phenoxy) is 2. The van der Waals surface area contributed by atoms with Gasteiger partial charge in [0.1, 0.15) is 5.69 Å². The van der Waals surface area contributed by atoms with E-state index in [1.165, 1.54) is 14.2 Å². The van der Waals surface area contributed by atoms with Gasteiger partial charge in [-0.15, -0.1) is 11.3 Å². The van der Waals surface area contributed by atoms with E-state index in [1.807, 2.05) is 17.5 Å². The molecule has 0 aliphatic rings. The molecule has 0 radical (unpaired) electrons. The van der Waals surface area contributed by atoms with Crippen LogP contribution in [0.5, 0.6) is 0 Å². The molecule has 0 unspecified atom stereocenters. The molecule has 0 saturated carbocycles. The molecule has 2 heterocycles. The zero-order chi connectivity index (χ0) is 13.1. The van der Waals surface area contributed by atoms with Crippen LogP contribution in [0, 0.1) is 6.92 Å². The molecule has 2 aromatic heterocycles. The normalized spacial score (nSPS) is 11.3. The van der Waals surface area contributed by atoms with E-state index in [1.54, 1.807) is 17.5 Å². The lowest BCUT2D eigenvalue weighted by Crippen LogP contribution is -2.34. The predicted molar refractivity (Wildman–Crippen MR) is 67.9 cm³/mol. The van der Waals surface area contributed by atoms with Crippen LogP contribution in [-0.4, -0.2) is 42.3 Å². The number of rotatable bonds is 5. The first-order valence-corrected chi connectivity index (χ1v) is 6.24. The summed E-state index contributed by atoms with van der Waals surface area (Å²) in [6.07, 6.45) is 3.21. The number of hydrogen-bond acceptors (Lipinski definition) is 5. The van der Waals surface area contributed by atoms with Gasteiger partial charge in [0, 0.05) is 31.5 Å². The number of hydrogen-bond donors (Lipinski definition) is 1. The highest BCUT2D eigenvalue weighted by atomic mass is 32.1. The van der Waals surface area contributed by atoms with Gasteiger partial charge in [0.15, 0.2) is 11.3 Å². The van der Waals surface area contributed by atoms with Crippen LogP contribution in [0.2, 0.25) is 0 Å². The second-order valence-electron chi connectivity index (χ2n) is 3.77. The maximum atomic E-state index is 11.8. The highest BCUT2D eigenvalue weighted by molar-refractivity contribution is 7.17. The number of nitrogens with one attached hydrogen (secondary N) is 1. The van der Waals surface area contributed by atoms with E-state index < -0.39 is 6.29 Å². The average molecular weight is 269 g/mol. The van der Waals surface area contributed by atoms with Gasteiger partial charge in [-0.2, -0.15) is 0 Å². The topological polar surface area (TPSA) is 64.9 Å². The minimum Gasteiger partial charge on any atom is -0.354 e. The van der Waals surface area contributed by atoms with E-state index in [0.29, 0.717) is 5.69 Å². The van der Waals surface area contributed by atoms with Gasteiger partial charge in [0.2, 0.25) is 0 Å². The summed E-state index contributed by atoms with van der Waals surface area (Å²) in [5.41, 5.74) is 0.396. The molecule has 2 aromatic rings. The van der Waals surface area contributed by atoms with Crippen LogP contribution in [-0.2, 0) is 9.47 Å². The molecule has 2 rings (SSSR count). The first-order chi connectivity index (χ1) is 8.63. The number of thiazole rings is 1. The smallest absolute Gasteiger partial charge is 0.271 e. The van der Waals surface area contributed by atoms with E-state index in [-0.39, 0.29) is 12.5 Å². The molecule has 6 nitrogen and oxygen atoms in total. The van der Waals surface area contributed by atoms with Crippen molar-refractivity contribution >= 4 is 22.2 Å². The van der Waals surface area contributed by atoms with Crippen molar-refractivity contribution < 1.29 is 14.3 Å². The second kappa shape index (κ2) is 5.47. The van der Waals surface area contributed by atoms with Gasteiger partial charge in [-0.25, -0.2) is 4.98 Å². The third-order valence-corrected chi connectivity index (χ3v) is 3.37. The van der Waals surface area contributed by atoms with Crippen molar-refractivity contribution in [3.63, 3.8) is 0 Å². The number of imidazole rings is 1. The van der Waals surface area contributed by atoms with Crippen molar-refractivity contribution in [1.29, 1.82) is 0 Å². The quantitative estimate of drug-likeness (QED) is 0.824. The molecule has 0 aromatic carbocycles. The number of fused-ring (bicyclic) bond motifs is 1. The Morgan fingerprint density at radius 1 is 1.50 bits per heavy atom. The standard InChI is InChI=1S/C11H15N3O3S/c1-7-5-14-6-8(13-11(14)18-7)10(15)12-4-9(16-2)17-3/h5-6,9H,4H2,1-3H3,(H,12,15). The lowest BCUT2D eigenvalue weighted by molar-refractivity contribution is -0.0974. The van der Waals surface area contributed by atoms with Crippen molar-refractivity contribution in [3.8, 4) is 0 Å². The minimum atomic E-state index is -0.445. The third-order valence-electron chi connectivity index (χ3n) is 2.46. The summed E-state index contributed by atoms with van der Waals surface area (Å²) in [6.45, 7) is 2.29. The lowest BCUT2D eigenvalue weighted by atomic mass is 10.4. The summed E-state index contributed by atoms with van der Waals surface area (Å²) in [7, 11) is 3.05. The fraction of sp³-hybridized carbons (Fsp3) is 0.455. The fourth-order valence-electron chi connectivity index (χ4n) is 1.55. The Morgan fingerprint density at radius 2 is 2.22 bits per heavy atom. The Morgan fingerprint density at radius 3 is 2.83 bits per heavy atom. The van der Waals surface area contributed by atoms with Gasteiger partial charge >= 0.3 is 0 Å². The molecular formula is C11H15N3O3S. The van der Waals surface area contributed by atoms with Crippen LogP contribution in [0.3, 0.4) is 0 Å². The molecule has 0 fully saturated rings. The first-order valence-electron chi connectivity index (χ1n) is 5.43. The highest BCUT2D eigenvalue weighted by Crippen LogP contribution is 2.16. The molecule has 1 amide bonds. The van der Waals surface area contributed by atoms with Crippen molar-refractivity contribution in [3.05, 3.63) is 23.0 Å². The van der Waals surface area contributed by atoms with E-state index in [0.717, 1.165) is 9.84 Å². The Labute approximate surface area is 109 Å². The molecule has 18 heavy (non-hydrogen) atoms. The zero-order valence-electron chi connectivity index (χ0n) is 10.5. The number of aromatic nitrogens is 2. The van der Waals surface area contributed by atoms with Gasteiger partial charge in [0.05, 0.1) is 6.54 Å². The summed E-state index contributed by atoms with van der Waals surface area (Å²) in [5.74, 6) is -0.234. The summed E-state index contributed by atoms with van der Waals surface area (Å²) in [4.78, 5) is 18.1. The number of methoxy groups -OCH3 is 2. The Balaban J connectivity index is 2.02. The largest absolute Gasteiger partial charge is 0.354 e. The van der Waals surface area contributed by atoms with Gasteiger partial charge in [-0.05, 0) is 6.92 Å². The monoisotopic (exact) mass is 269 g/mol. The van der Waals surface area contributed by atoms with Crippen LogP contribution < -0.4 is 5.32 Å². The van der Waals surface area contributed by atoms with Gasteiger partial charge in [0.25, 0.3) is 5.91 Å². The van der Waals surface area contributed by atoms with Crippen molar-refractivity contribution in [2.75, 3.05) is 20.8 Å². The summed E-state index contributed by atoms with van der Waals surface area (Å²) in [5, 5.41) is 2.71. The van der Waals surface area contributed by atoms with Crippen LogP contribution in [0.25, 0.3) is 4.96 Å². The number of carbonyl (C=O) groups excluding carboxylic acids is 1. The number of aryl methyl sites for hydroxylation is 1. The van der Waals surface area contributed by atoms with E-state index in [4.69, 9.17) is 9.47 Å². The Hall–Kier alpha value is -1.44. The highest BCUT2D eigenvalue weighted by Gasteiger charge is 2.14. The van der Waals surface area contributed by atoms with E-state index in [2.05, 4.69) is 10.3 Å². The third kappa shape index (κ3) is 2.69. The van der Waals surface area contributed by atoms with Crippen molar-refractivity contribution in [1.82, 2.24) is 14.7 Å². The molecule has 1 N–H and O–H groups in total. The average Bonchev–Trinajstić information content (AvgIpc) is 2.87. The molecule has 0 atom stereocenters. The molecule has 0 spiro atoms. The van der Waals surface area contributed by atoms with Crippen LogP contribution in [0.15, 0.2) is 12.4 Å². The van der Waals surface area contributed by atoms with E-state index >= 15 is 0 Å². The van der Waals surface area contributed by atoms with E-state index in [9.17, 15) is 4.79 Å². The zero-order valence-corrected chi connectivity index (χ0v) is 11.3. The predicted octanol–water partition coefficient (Wildman–Crippen LogP) is 1.05. The number of nitrogens with zero attached hydrogens (tertiary/aromatic N) is 2. The maximum absolute atomic E-state index is 11.8. The lowest BCUT2D eigenvalue weighted by Gasteiger charge is -2.13. The Bertz CT molecular complexity index is 513. The second-order valence-corrected chi connectivity index (χ2v) is 4.98. The summed E-state index contributed by atoms with van der Waals surface area (Å²) < 4.78 is 11.8. The molecular weight excluding hydrogens is 254 g/mol. The molecule has 7 heteroatoms. The fourth-order valence-corrected chi connectivity index (χ4v) is 2.36. The molecule has 0 aliphatic carbocycles. The van der Waals surface area contributed by atoms with Gasteiger partial charge in [-0.3, -0.25) is 9.20 Å². The number of carbonyl (C=O) groups is 1. The maximum Gasteiger partial charge on any atom is 0.271 e. The van der Waals surface area contributed by atoms with Crippen LogP contribution in [0.4, 0.5) is 0 Å². The first kappa shape index (κ1) is 13.0. The van der Waals surface area contributed by atoms with Crippen LogP contribution >= 0.6 is 11.3 Å². The van der Waals surface area contributed by atoms with Crippen LogP contribution in [0.1, 0.15) is 15.4 Å². The minimum absolute atomic E-state index is 0.234. The summed E-state index contributed by atoms with van der Waals surface area (Å²) in [6, 6.07) is 0. The molecule has 0 bridgehead atoms. The van der Waals surface area contributed by atoms with Crippen molar-refractivity contribution in [2.45, 2.75) is 13.2 Å². The molecule has 98 valence electrons. The van der Waals surface area contributed by atoms with Gasteiger partial charge in [-0.1, -0.05) is 0 Å².